The molecule has 3 amide bonds. The zero-order chi connectivity index (χ0) is 22.1. The number of nitrogens with one attached hydrogen (secondary N) is 1. The third-order valence-electron chi connectivity index (χ3n) is 5.91. The maximum absolute atomic E-state index is 12.7. The van der Waals surface area contributed by atoms with Gasteiger partial charge in [-0.05, 0) is 49.2 Å². The minimum absolute atomic E-state index is 0.0749. The lowest BCUT2D eigenvalue weighted by atomic mass is 10.1. The van der Waals surface area contributed by atoms with Crippen LogP contribution in [-0.4, -0.2) is 36.6 Å². The van der Waals surface area contributed by atoms with Crippen molar-refractivity contribution in [2.45, 2.75) is 33.1 Å². The van der Waals surface area contributed by atoms with Gasteiger partial charge in [0.2, 0.25) is 17.7 Å². The molecule has 1 saturated heterocycles. The van der Waals surface area contributed by atoms with Gasteiger partial charge in [-0.3, -0.25) is 19.2 Å². The van der Waals surface area contributed by atoms with E-state index in [2.05, 4.69) is 5.32 Å². The van der Waals surface area contributed by atoms with Crippen molar-refractivity contribution in [1.82, 2.24) is 0 Å². The molecule has 1 atom stereocenters. The van der Waals surface area contributed by atoms with E-state index in [-0.39, 0.29) is 29.9 Å². The monoisotopic (exact) mass is 419 g/mol. The maximum Gasteiger partial charge on any atom is 0.229 e. The van der Waals surface area contributed by atoms with Crippen molar-refractivity contribution in [3.63, 3.8) is 0 Å². The molecule has 2 aliphatic heterocycles. The lowest BCUT2D eigenvalue weighted by Crippen LogP contribution is -2.28. The second-order valence-corrected chi connectivity index (χ2v) is 7.99. The lowest BCUT2D eigenvalue weighted by molar-refractivity contribution is -0.122. The van der Waals surface area contributed by atoms with Crippen molar-refractivity contribution >= 4 is 40.6 Å². The second kappa shape index (κ2) is 8.34. The number of Topliss-reactive ketones (excluding diaryl/α,β-unsaturated/α-hetero) is 1. The number of ketones is 1. The summed E-state index contributed by atoms with van der Waals surface area (Å²) in [5.41, 5.74) is 3.77. The van der Waals surface area contributed by atoms with Gasteiger partial charge < -0.3 is 15.1 Å². The third kappa shape index (κ3) is 4.08. The van der Waals surface area contributed by atoms with Crippen LogP contribution in [0.15, 0.2) is 42.5 Å². The number of rotatable bonds is 5. The molecule has 0 bridgehead atoms. The van der Waals surface area contributed by atoms with E-state index in [1.807, 2.05) is 25.1 Å². The van der Waals surface area contributed by atoms with E-state index in [4.69, 9.17) is 0 Å². The van der Waals surface area contributed by atoms with Gasteiger partial charge in [0.15, 0.2) is 5.78 Å². The Morgan fingerprint density at radius 2 is 1.94 bits per heavy atom. The van der Waals surface area contributed by atoms with E-state index >= 15 is 0 Å². The molecule has 0 aliphatic carbocycles. The van der Waals surface area contributed by atoms with Crippen molar-refractivity contribution in [3.8, 4) is 0 Å². The molecule has 2 heterocycles. The summed E-state index contributed by atoms with van der Waals surface area (Å²) in [4.78, 5) is 52.5. The van der Waals surface area contributed by atoms with E-state index in [1.54, 1.807) is 34.1 Å². The Morgan fingerprint density at radius 1 is 1.13 bits per heavy atom. The molecule has 7 heteroatoms. The van der Waals surface area contributed by atoms with E-state index < -0.39 is 5.92 Å². The van der Waals surface area contributed by atoms with E-state index in [0.717, 1.165) is 23.4 Å². The van der Waals surface area contributed by atoms with Gasteiger partial charge in [-0.1, -0.05) is 19.1 Å². The Hall–Kier alpha value is -3.48. The molecular formula is C24H25N3O4. The molecule has 0 aromatic heterocycles. The van der Waals surface area contributed by atoms with Crippen LogP contribution in [0.2, 0.25) is 0 Å². The van der Waals surface area contributed by atoms with Crippen LogP contribution in [0.25, 0.3) is 0 Å². The van der Waals surface area contributed by atoms with Gasteiger partial charge in [-0.2, -0.15) is 0 Å². The minimum Gasteiger partial charge on any atom is -0.326 e. The molecule has 0 unspecified atom stereocenters. The summed E-state index contributed by atoms with van der Waals surface area (Å²) < 4.78 is 0. The highest BCUT2D eigenvalue weighted by Gasteiger charge is 2.36. The van der Waals surface area contributed by atoms with Crippen molar-refractivity contribution in [2.75, 3.05) is 28.2 Å². The zero-order valence-corrected chi connectivity index (χ0v) is 17.7. The van der Waals surface area contributed by atoms with E-state index in [9.17, 15) is 19.2 Å². The van der Waals surface area contributed by atoms with Crippen LogP contribution in [0.1, 0.15) is 42.6 Å². The SMILES string of the molecule is CCC(=O)N1CCc2cc(N3C[C@@H](C(=O)Nc4cccc(C(C)=O)c4)CC3=O)ccc21. The molecule has 2 aromatic carbocycles. The molecule has 7 nitrogen and oxygen atoms in total. The van der Waals surface area contributed by atoms with Crippen LogP contribution in [0.5, 0.6) is 0 Å². The molecule has 4 rings (SSSR count). The highest BCUT2D eigenvalue weighted by Crippen LogP contribution is 2.34. The number of hydrogen-bond donors (Lipinski definition) is 1. The summed E-state index contributed by atoms with van der Waals surface area (Å²) in [5, 5.41) is 2.82. The first-order chi connectivity index (χ1) is 14.9. The first-order valence-electron chi connectivity index (χ1n) is 10.5. The molecule has 0 radical (unpaired) electrons. The predicted molar refractivity (Wildman–Crippen MR) is 118 cm³/mol. The average molecular weight is 419 g/mol. The summed E-state index contributed by atoms with van der Waals surface area (Å²) in [6, 6.07) is 12.5. The smallest absolute Gasteiger partial charge is 0.229 e. The quantitative estimate of drug-likeness (QED) is 0.754. The molecule has 31 heavy (non-hydrogen) atoms. The van der Waals surface area contributed by atoms with Gasteiger partial charge in [0.25, 0.3) is 0 Å². The van der Waals surface area contributed by atoms with Crippen LogP contribution < -0.4 is 15.1 Å². The molecule has 1 fully saturated rings. The van der Waals surface area contributed by atoms with Gasteiger partial charge in [-0.15, -0.1) is 0 Å². The first kappa shape index (κ1) is 20.8. The van der Waals surface area contributed by atoms with Gasteiger partial charge in [0.05, 0.1) is 5.92 Å². The standard InChI is InChI=1S/C24H25N3O4/c1-3-22(29)26-10-9-17-12-20(7-8-21(17)26)27-14-18(13-23(27)30)24(31)25-19-6-4-5-16(11-19)15(2)28/h4-8,11-12,18H,3,9-10,13-14H2,1-2H3,(H,25,31)/t18-/m0/s1. The second-order valence-electron chi connectivity index (χ2n) is 7.99. The Kier molecular flexibility index (Phi) is 5.59. The highest BCUT2D eigenvalue weighted by atomic mass is 16.2. The Bertz CT molecular complexity index is 1080. The summed E-state index contributed by atoms with van der Waals surface area (Å²) in [6.45, 7) is 4.28. The highest BCUT2D eigenvalue weighted by molar-refractivity contribution is 6.04. The molecule has 2 aromatic rings. The molecule has 2 aliphatic rings. The number of carbonyl (C=O) groups is 4. The molecule has 0 spiro atoms. The van der Waals surface area contributed by atoms with Crippen LogP contribution in [0, 0.1) is 5.92 Å². The predicted octanol–water partition coefficient (Wildman–Crippen LogP) is 3.18. The van der Waals surface area contributed by atoms with Gasteiger partial charge >= 0.3 is 0 Å². The lowest BCUT2D eigenvalue weighted by Gasteiger charge is -2.20. The first-order valence-corrected chi connectivity index (χ1v) is 10.5. The van der Waals surface area contributed by atoms with Crippen LogP contribution >= 0.6 is 0 Å². The summed E-state index contributed by atoms with van der Waals surface area (Å²) in [5.74, 6) is -0.794. The Labute approximate surface area is 181 Å². The Balaban J connectivity index is 1.46. The number of fused-ring (bicyclic) bond motifs is 1. The van der Waals surface area contributed by atoms with Crippen LogP contribution in [-0.2, 0) is 20.8 Å². The van der Waals surface area contributed by atoms with Crippen molar-refractivity contribution in [3.05, 3.63) is 53.6 Å². The van der Waals surface area contributed by atoms with Crippen LogP contribution in [0.3, 0.4) is 0 Å². The average Bonchev–Trinajstić information content (AvgIpc) is 3.36. The maximum atomic E-state index is 12.7. The number of anilines is 3. The third-order valence-corrected chi connectivity index (χ3v) is 5.91. The minimum atomic E-state index is -0.472. The molecular weight excluding hydrogens is 394 g/mol. The molecule has 0 saturated carbocycles. The van der Waals surface area contributed by atoms with E-state index in [1.165, 1.54) is 6.92 Å². The van der Waals surface area contributed by atoms with Crippen molar-refractivity contribution < 1.29 is 19.2 Å². The van der Waals surface area contributed by atoms with Crippen LogP contribution in [0.4, 0.5) is 17.1 Å². The topological polar surface area (TPSA) is 86.8 Å². The van der Waals surface area contributed by atoms with Crippen molar-refractivity contribution in [2.24, 2.45) is 5.92 Å². The van der Waals surface area contributed by atoms with Gasteiger partial charge in [0.1, 0.15) is 0 Å². The fourth-order valence-electron chi connectivity index (χ4n) is 4.20. The Morgan fingerprint density at radius 3 is 2.68 bits per heavy atom. The van der Waals surface area contributed by atoms with E-state index in [0.29, 0.717) is 30.8 Å². The normalized spacial score (nSPS) is 17.6. The summed E-state index contributed by atoms with van der Waals surface area (Å²) in [6.07, 6.45) is 1.35. The number of benzene rings is 2. The van der Waals surface area contributed by atoms with Gasteiger partial charge in [0, 0.05) is 48.6 Å². The number of nitrogens with zero attached hydrogens (tertiary/aromatic N) is 2. The fraction of sp³-hybridized carbons (Fsp3) is 0.333. The molecule has 160 valence electrons. The number of amides is 3. The zero-order valence-electron chi connectivity index (χ0n) is 17.7. The fourth-order valence-corrected chi connectivity index (χ4v) is 4.20. The van der Waals surface area contributed by atoms with Crippen molar-refractivity contribution in [1.29, 1.82) is 0 Å². The number of carbonyl (C=O) groups excluding carboxylic acids is 4. The largest absolute Gasteiger partial charge is 0.326 e. The summed E-state index contributed by atoms with van der Waals surface area (Å²) >= 11 is 0. The summed E-state index contributed by atoms with van der Waals surface area (Å²) in [7, 11) is 0. The number of hydrogen-bond acceptors (Lipinski definition) is 4. The van der Waals surface area contributed by atoms with Gasteiger partial charge in [-0.25, -0.2) is 0 Å². The molecule has 1 N–H and O–H groups in total.